The van der Waals surface area contributed by atoms with Crippen molar-refractivity contribution in [2.45, 2.75) is 20.4 Å². The van der Waals surface area contributed by atoms with Gasteiger partial charge in [-0.25, -0.2) is 0 Å². The van der Waals surface area contributed by atoms with E-state index in [1.807, 2.05) is 11.3 Å². The Morgan fingerprint density at radius 1 is 1.10 bits per heavy atom. The van der Waals surface area contributed by atoms with Crippen molar-refractivity contribution in [1.82, 2.24) is 0 Å². The first-order chi connectivity index (χ1) is 10.1. The van der Waals surface area contributed by atoms with Gasteiger partial charge in [0.1, 0.15) is 0 Å². The highest BCUT2D eigenvalue weighted by Gasteiger charge is 2.05. The van der Waals surface area contributed by atoms with Crippen LogP contribution >= 0.6 is 38.6 Å². The number of nitrogens with one attached hydrogen (secondary N) is 1. The summed E-state index contributed by atoms with van der Waals surface area (Å²) in [5.41, 5.74) is 5.04. The molecule has 0 saturated heterocycles. The second kappa shape index (κ2) is 6.34. The third-order valence-corrected chi connectivity index (χ3v) is 6.47. The zero-order valence-corrected chi connectivity index (χ0v) is 15.2. The van der Waals surface area contributed by atoms with Gasteiger partial charge >= 0.3 is 0 Å². The molecule has 0 radical (unpaired) electrons. The summed E-state index contributed by atoms with van der Waals surface area (Å²) >= 11 is 7.21. The van der Waals surface area contributed by atoms with Crippen LogP contribution in [0.4, 0.5) is 5.69 Å². The molecule has 0 aliphatic heterocycles. The fraction of sp³-hybridized carbons (Fsp3) is 0.176. The van der Waals surface area contributed by atoms with Crippen molar-refractivity contribution < 1.29 is 0 Å². The third-order valence-electron chi connectivity index (χ3n) is 3.36. The molecule has 0 bridgehead atoms. The van der Waals surface area contributed by atoms with Gasteiger partial charge in [-0.05, 0) is 60.0 Å². The summed E-state index contributed by atoms with van der Waals surface area (Å²) in [5, 5.41) is 7.88. The highest BCUT2D eigenvalue weighted by molar-refractivity contribution is 9.10. The summed E-state index contributed by atoms with van der Waals surface area (Å²) in [6, 6.07) is 10.9. The number of hydrogen-bond acceptors (Lipinski definition) is 3. The van der Waals surface area contributed by atoms with E-state index in [9.17, 15) is 0 Å². The van der Waals surface area contributed by atoms with Crippen molar-refractivity contribution in [3.05, 3.63) is 61.6 Å². The average molecular weight is 378 g/mol. The van der Waals surface area contributed by atoms with Crippen LogP contribution in [-0.2, 0) is 6.54 Å². The number of halogens is 1. The van der Waals surface area contributed by atoms with Crippen LogP contribution in [0.25, 0.3) is 10.4 Å². The van der Waals surface area contributed by atoms with E-state index in [0.717, 1.165) is 6.54 Å². The molecule has 0 fully saturated rings. The molecule has 1 nitrogen and oxygen atoms in total. The molecule has 21 heavy (non-hydrogen) atoms. The molecule has 1 N–H and O–H groups in total. The number of hydrogen-bond donors (Lipinski definition) is 1. The monoisotopic (exact) mass is 377 g/mol. The van der Waals surface area contributed by atoms with E-state index in [1.165, 1.54) is 36.6 Å². The van der Waals surface area contributed by atoms with Crippen LogP contribution < -0.4 is 5.32 Å². The van der Waals surface area contributed by atoms with Crippen molar-refractivity contribution in [2.24, 2.45) is 0 Å². The molecule has 2 aromatic heterocycles. The summed E-state index contributed by atoms with van der Waals surface area (Å²) in [6.45, 7) is 5.13. The molecule has 108 valence electrons. The molecule has 0 saturated carbocycles. The van der Waals surface area contributed by atoms with E-state index < -0.39 is 0 Å². The zero-order chi connectivity index (χ0) is 14.8. The summed E-state index contributed by atoms with van der Waals surface area (Å²) in [6.07, 6.45) is 0. The number of rotatable bonds is 4. The Kier molecular flexibility index (Phi) is 4.48. The maximum atomic E-state index is 3.61. The predicted molar refractivity (Wildman–Crippen MR) is 98.6 cm³/mol. The Morgan fingerprint density at radius 2 is 1.86 bits per heavy atom. The molecule has 3 rings (SSSR count). The lowest BCUT2D eigenvalue weighted by molar-refractivity contribution is 1.18. The van der Waals surface area contributed by atoms with Gasteiger partial charge in [0.15, 0.2) is 0 Å². The van der Waals surface area contributed by atoms with Crippen LogP contribution in [0.5, 0.6) is 0 Å². The van der Waals surface area contributed by atoms with Gasteiger partial charge in [-0.15, -0.1) is 22.7 Å². The van der Waals surface area contributed by atoms with E-state index in [4.69, 9.17) is 0 Å². The predicted octanol–water partition coefficient (Wildman–Crippen LogP) is 6.47. The summed E-state index contributed by atoms with van der Waals surface area (Å²) in [5.74, 6) is 0. The molecule has 3 aromatic rings. The van der Waals surface area contributed by atoms with Gasteiger partial charge < -0.3 is 5.32 Å². The maximum Gasteiger partial charge on any atom is 0.0494 e. The van der Waals surface area contributed by atoms with E-state index in [1.54, 1.807) is 11.3 Å². The minimum atomic E-state index is 0.872. The van der Waals surface area contributed by atoms with E-state index in [-0.39, 0.29) is 0 Å². The van der Waals surface area contributed by atoms with Gasteiger partial charge in [0.25, 0.3) is 0 Å². The van der Waals surface area contributed by atoms with E-state index >= 15 is 0 Å². The SMILES string of the molecule is Cc1cc(NCc2cc(-c3cccs3)cs2)cc(C)c1Br. The van der Waals surface area contributed by atoms with E-state index in [0.29, 0.717) is 0 Å². The van der Waals surface area contributed by atoms with Gasteiger partial charge in [-0.2, -0.15) is 0 Å². The standard InChI is InChI=1S/C17H16BrNS2/c1-11-6-14(7-12(2)17(11)18)19-9-15-8-13(10-21-15)16-4-3-5-20-16/h3-8,10,19H,9H2,1-2H3. The second-order valence-corrected chi connectivity index (χ2v) is 7.79. The Hall–Kier alpha value is -1.10. The van der Waals surface area contributed by atoms with Crippen LogP contribution in [0.1, 0.15) is 16.0 Å². The first-order valence-corrected chi connectivity index (χ1v) is 9.30. The molecule has 0 amide bonds. The lowest BCUT2D eigenvalue weighted by atomic mass is 10.1. The Bertz CT molecular complexity index is 721. The lowest BCUT2D eigenvalue weighted by Gasteiger charge is -2.09. The molecule has 0 unspecified atom stereocenters. The quantitative estimate of drug-likeness (QED) is 0.549. The number of anilines is 1. The van der Waals surface area contributed by atoms with Gasteiger partial charge in [0, 0.05) is 32.0 Å². The fourth-order valence-electron chi connectivity index (χ4n) is 2.28. The van der Waals surface area contributed by atoms with Gasteiger partial charge in [0.05, 0.1) is 0 Å². The van der Waals surface area contributed by atoms with Crippen molar-refractivity contribution in [3.63, 3.8) is 0 Å². The van der Waals surface area contributed by atoms with Crippen LogP contribution in [0.2, 0.25) is 0 Å². The van der Waals surface area contributed by atoms with E-state index in [2.05, 4.69) is 76.2 Å². The summed E-state index contributed by atoms with van der Waals surface area (Å²) in [7, 11) is 0. The molecule has 1 aromatic carbocycles. The van der Waals surface area contributed by atoms with Gasteiger partial charge in [0.2, 0.25) is 0 Å². The molecule has 0 aliphatic carbocycles. The highest BCUT2D eigenvalue weighted by Crippen LogP contribution is 2.30. The molecule has 0 atom stereocenters. The largest absolute Gasteiger partial charge is 0.380 e. The number of benzene rings is 1. The Balaban J connectivity index is 1.71. The minimum Gasteiger partial charge on any atom is -0.380 e. The highest BCUT2D eigenvalue weighted by atomic mass is 79.9. The fourth-order valence-corrected chi connectivity index (χ4v) is 4.12. The van der Waals surface area contributed by atoms with Crippen LogP contribution in [0.15, 0.2) is 45.6 Å². The second-order valence-electron chi connectivity index (χ2n) is 5.06. The maximum absolute atomic E-state index is 3.61. The van der Waals surface area contributed by atoms with Crippen molar-refractivity contribution >= 4 is 44.3 Å². The average Bonchev–Trinajstić information content (AvgIpc) is 3.12. The van der Waals surface area contributed by atoms with Crippen molar-refractivity contribution in [3.8, 4) is 10.4 Å². The van der Waals surface area contributed by atoms with Gasteiger partial charge in [-0.3, -0.25) is 0 Å². The normalized spacial score (nSPS) is 10.8. The molecule has 0 spiro atoms. The molecule has 4 heteroatoms. The number of aryl methyl sites for hydroxylation is 2. The van der Waals surface area contributed by atoms with Crippen LogP contribution in [0, 0.1) is 13.8 Å². The minimum absolute atomic E-state index is 0.872. The van der Waals surface area contributed by atoms with Crippen LogP contribution in [-0.4, -0.2) is 0 Å². The van der Waals surface area contributed by atoms with Gasteiger partial charge in [-0.1, -0.05) is 22.0 Å². The van der Waals surface area contributed by atoms with Crippen LogP contribution in [0.3, 0.4) is 0 Å². The summed E-state index contributed by atoms with van der Waals surface area (Å²) < 4.78 is 1.20. The van der Waals surface area contributed by atoms with Crippen molar-refractivity contribution in [2.75, 3.05) is 5.32 Å². The summed E-state index contributed by atoms with van der Waals surface area (Å²) in [4.78, 5) is 2.70. The smallest absolute Gasteiger partial charge is 0.0494 e. The van der Waals surface area contributed by atoms with Crippen molar-refractivity contribution in [1.29, 1.82) is 0 Å². The Labute approximate surface area is 141 Å². The number of thiophene rings is 2. The molecular formula is C17H16BrNS2. The lowest BCUT2D eigenvalue weighted by Crippen LogP contribution is -1.98. The first kappa shape index (κ1) is 14.8. The topological polar surface area (TPSA) is 12.0 Å². The molecular weight excluding hydrogens is 362 g/mol. The Morgan fingerprint density at radius 3 is 2.52 bits per heavy atom. The molecule has 2 heterocycles. The first-order valence-electron chi connectivity index (χ1n) is 6.75. The zero-order valence-electron chi connectivity index (χ0n) is 11.9. The molecule has 0 aliphatic rings. The third kappa shape index (κ3) is 3.39.